The Morgan fingerprint density at radius 2 is 1.95 bits per heavy atom. The van der Waals surface area contributed by atoms with Crippen LogP contribution < -0.4 is 10.6 Å². The molecule has 2 rings (SSSR count). The molecule has 0 aliphatic heterocycles. The molecule has 1 amide bonds. The van der Waals surface area contributed by atoms with Crippen molar-refractivity contribution in [3.63, 3.8) is 0 Å². The zero-order chi connectivity index (χ0) is 14.8. The van der Waals surface area contributed by atoms with Crippen LogP contribution in [-0.2, 0) is 0 Å². The van der Waals surface area contributed by atoms with E-state index in [1.54, 1.807) is 6.07 Å². The van der Waals surface area contributed by atoms with Crippen molar-refractivity contribution in [3.8, 4) is 0 Å². The molecule has 110 valence electrons. The van der Waals surface area contributed by atoms with Crippen LogP contribution >= 0.6 is 0 Å². The smallest absolute Gasteiger partial charge is 0.251 e. The number of hydrogen-bond donors (Lipinski definition) is 2. The predicted octanol–water partition coefficient (Wildman–Crippen LogP) is 3.13. The highest BCUT2D eigenvalue weighted by Gasteiger charge is 2.27. The van der Waals surface area contributed by atoms with Crippen molar-refractivity contribution in [1.29, 1.82) is 0 Å². The minimum atomic E-state index is 0.0108. The van der Waals surface area contributed by atoms with Crippen LogP contribution in [0, 0.1) is 12.3 Å². The summed E-state index contributed by atoms with van der Waals surface area (Å²) in [6.07, 6.45) is 4.49. The van der Waals surface area contributed by atoms with Gasteiger partial charge in [-0.25, -0.2) is 4.98 Å². The minimum Gasteiger partial charge on any atom is -0.373 e. The summed E-state index contributed by atoms with van der Waals surface area (Å²) in [5, 5.41) is 6.14. The second kappa shape index (κ2) is 5.81. The van der Waals surface area contributed by atoms with Gasteiger partial charge in [-0.2, -0.15) is 0 Å². The number of amides is 1. The molecule has 4 nitrogen and oxygen atoms in total. The van der Waals surface area contributed by atoms with Gasteiger partial charge in [0, 0.05) is 24.3 Å². The van der Waals surface area contributed by atoms with Crippen LogP contribution in [0.15, 0.2) is 12.1 Å². The molecule has 1 aromatic heterocycles. The van der Waals surface area contributed by atoms with E-state index in [1.165, 1.54) is 12.8 Å². The Hall–Kier alpha value is -1.58. The molecule has 0 radical (unpaired) electrons. The molecule has 0 atom stereocenters. The number of nitrogens with one attached hydrogen (secondary N) is 2. The largest absolute Gasteiger partial charge is 0.373 e. The SMILES string of the molecule is CNc1cc(C(=O)NC2CCC(C)(C)CC2)cc(C)n1. The second-order valence-electron chi connectivity index (χ2n) is 6.54. The number of carbonyl (C=O) groups is 1. The van der Waals surface area contributed by atoms with Gasteiger partial charge < -0.3 is 10.6 Å². The van der Waals surface area contributed by atoms with E-state index in [-0.39, 0.29) is 5.91 Å². The number of anilines is 1. The highest BCUT2D eigenvalue weighted by atomic mass is 16.1. The molecular formula is C16H25N3O. The van der Waals surface area contributed by atoms with E-state index in [1.807, 2.05) is 20.0 Å². The van der Waals surface area contributed by atoms with Crippen LogP contribution in [0.25, 0.3) is 0 Å². The summed E-state index contributed by atoms with van der Waals surface area (Å²) < 4.78 is 0. The average molecular weight is 275 g/mol. The topological polar surface area (TPSA) is 54.0 Å². The van der Waals surface area contributed by atoms with Crippen LogP contribution in [0.1, 0.15) is 55.6 Å². The quantitative estimate of drug-likeness (QED) is 0.891. The van der Waals surface area contributed by atoms with Crippen molar-refractivity contribution < 1.29 is 4.79 Å². The minimum absolute atomic E-state index is 0.0108. The van der Waals surface area contributed by atoms with Crippen LogP contribution in [0.5, 0.6) is 0 Å². The molecule has 0 saturated heterocycles. The summed E-state index contributed by atoms with van der Waals surface area (Å²) in [7, 11) is 1.81. The van der Waals surface area contributed by atoms with Crippen LogP contribution in [-0.4, -0.2) is 24.0 Å². The van der Waals surface area contributed by atoms with Gasteiger partial charge >= 0.3 is 0 Å². The number of aryl methyl sites for hydroxylation is 1. The Kier molecular flexibility index (Phi) is 4.31. The molecule has 2 N–H and O–H groups in total. The molecule has 0 spiro atoms. The van der Waals surface area contributed by atoms with Gasteiger partial charge in [0.25, 0.3) is 5.91 Å². The third-order valence-electron chi connectivity index (χ3n) is 4.15. The van der Waals surface area contributed by atoms with E-state index in [4.69, 9.17) is 0 Å². The number of aromatic nitrogens is 1. The van der Waals surface area contributed by atoms with Crippen LogP contribution in [0.2, 0.25) is 0 Å². The first-order chi connectivity index (χ1) is 9.39. The van der Waals surface area contributed by atoms with Crippen LogP contribution in [0.3, 0.4) is 0 Å². The van der Waals surface area contributed by atoms with Gasteiger partial charge in [0.1, 0.15) is 5.82 Å². The highest BCUT2D eigenvalue weighted by Crippen LogP contribution is 2.35. The third kappa shape index (κ3) is 3.71. The summed E-state index contributed by atoms with van der Waals surface area (Å²) in [5.41, 5.74) is 1.96. The van der Waals surface area contributed by atoms with Gasteiger partial charge in [0.2, 0.25) is 0 Å². The van der Waals surface area contributed by atoms with Gasteiger partial charge in [0.05, 0.1) is 0 Å². The van der Waals surface area contributed by atoms with E-state index < -0.39 is 0 Å². The van der Waals surface area contributed by atoms with E-state index in [0.717, 1.165) is 24.4 Å². The molecule has 1 aromatic rings. The third-order valence-corrected chi connectivity index (χ3v) is 4.15. The fourth-order valence-corrected chi connectivity index (χ4v) is 2.74. The molecule has 1 heterocycles. The molecule has 0 bridgehead atoms. The second-order valence-corrected chi connectivity index (χ2v) is 6.54. The molecule has 1 saturated carbocycles. The van der Waals surface area contributed by atoms with Gasteiger partial charge in [0.15, 0.2) is 0 Å². The van der Waals surface area contributed by atoms with Gasteiger partial charge in [-0.05, 0) is 50.2 Å². The Bertz CT molecular complexity index is 486. The number of rotatable bonds is 3. The van der Waals surface area contributed by atoms with E-state index in [0.29, 0.717) is 17.0 Å². The molecule has 0 aromatic carbocycles. The van der Waals surface area contributed by atoms with Crippen molar-refractivity contribution in [2.75, 3.05) is 12.4 Å². The summed E-state index contributed by atoms with van der Waals surface area (Å²) >= 11 is 0. The van der Waals surface area contributed by atoms with Gasteiger partial charge in [-0.15, -0.1) is 0 Å². The van der Waals surface area contributed by atoms with E-state index >= 15 is 0 Å². The lowest BCUT2D eigenvalue weighted by molar-refractivity contribution is 0.0909. The van der Waals surface area contributed by atoms with Crippen molar-refractivity contribution in [2.45, 2.75) is 52.5 Å². The summed E-state index contributed by atoms with van der Waals surface area (Å²) in [6.45, 7) is 6.51. The number of hydrogen-bond acceptors (Lipinski definition) is 3. The lowest BCUT2D eigenvalue weighted by Gasteiger charge is -2.34. The predicted molar refractivity (Wildman–Crippen MR) is 82.0 cm³/mol. The maximum absolute atomic E-state index is 12.3. The normalized spacial score (nSPS) is 18.6. The van der Waals surface area contributed by atoms with Crippen molar-refractivity contribution in [1.82, 2.24) is 10.3 Å². The molecule has 1 fully saturated rings. The molecule has 1 aliphatic rings. The van der Waals surface area contributed by atoms with Gasteiger partial charge in [-0.1, -0.05) is 13.8 Å². The van der Waals surface area contributed by atoms with Crippen molar-refractivity contribution >= 4 is 11.7 Å². The Morgan fingerprint density at radius 3 is 2.55 bits per heavy atom. The molecule has 1 aliphatic carbocycles. The highest BCUT2D eigenvalue weighted by molar-refractivity contribution is 5.95. The Labute approximate surface area is 121 Å². The number of pyridine rings is 1. The first-order valence-corrected chi connectivity index (χ1v) is 7.37. The lowest BCUT2D eigenvalue weighted by atomic mass is 9.75. The number of carbonyl (C=O) groups excluding carboxylic acids is 1. The maximum atomic E-state index is 12.3. The summed E-state index contributed by atoms with van der Waals surface area (Å²) in [6, 6.07) is 3.94. The number of nitrogens with zero attached hydrogens (tertiary/aromatic N) is 1. The summed E-state index contributed by atoms with van der Waals surface area (Å²) in [5.74, 6) is 0.747. The maximum Gasteiger partial charge on any atom is 0.251 e. The van der Waals surface area contributed by atoms with Crippen LogP contribution in [0.4, 0.5) is 5.82 Å². The first kappa shape index (κ1) is 14.8. The van der Waals surface area contributed by atoms with Gasteiger partial charge in [-0.3, -0.25) is 4.79 Å². The monoisotopic (exact) mass is 275 g/mol. The van der Waals surface area contributed by atoms with E-state index in [2.05, 4.69) is 29.5 Å². The lowest BCUT2D eigenvalue weighted by Crippen LogP contribution is -2.39. The molecule has 20 heavy (non-hydrogen) atoms. The van der Waals surface area contributed by atoms with Crippen molar-refractivity contribution in [2.24, 2.45) is 5.41 Å². The zero-order valence-corrected chi connectivity index (χ0v) is 12.9. The standard InChI is InChI=1S/C16H25N3O/c1-11-9-12(10-14(17-4)18-11)15(20)19-13-5-7-16(2,3)8-6-13/h9-10,13H,5-8H2,1-4H3,(H,17,18)(H,19,20). The van der Waals surface area contributed by atoms with E-state index in [9.17, 15) is 4.79 Å². The zero-order valence-electron chi connectivity index (χ0n) is 12.9. The fourth-order valence-electron chi connectivity index (χ4n) is 2.74. The Morgan fingerprint density at radius 1 is 1.30 bits per heavy atom. The summed E-state index contributed by atoms with van der Waals surface area (Å²) in [4.78, 5) is 16.6. The first-order valence-electron chi connectivity index (χ1n) is 7.37. The fraction of sp³-hybridized carbons (Fsp3) is 0.625. The average Bonchev–Trinajstić information content (AvgIpc) is 2.40. The molecule has 4 heteroatoms. The molecule has 0 unspecified atom stereocenters. The molecular weight excluding hydrogens is 250 g/mol. The van der Waals surface area contributed by atoms with Crippen molar-refractivity contribution in [3.05, 3.63) is 23.4 Å². The Balaban J connectivity index is 2.00.